The molecule has 80 valence electrons. The first-order chi connectivity index (χ1) is 7.09. The minimum atomic E-state index is -0.139. The quantitative estimate of drug-likeness (QED) is 0.872. The van der Waals surface area contributed by atoms with Crippen LogP contribution < -0.4 is 5.73 Å². The number of nitrogens with two attached hydrogens (primary N) is 1. The van der Waals surface area contributed by atoms with Gasteiger partial charge in [-0.15, -0.1) is 11.3 Å². The van der Waals surface area contributed by atoms with Crippen molar-refractivity contribution in [2.75, 3.05) is 0 Å². The summed E-state index contributed by atoms with van der Waals surface area (Å²) < 4.78 is 6.04. The molecule has 0 aromatic carbocycles. The summed E-state index contributed by atoms with van der Waals surface area (Å²) in [4.78, 5) is 1.07. The average molecular weight is 242 g/mol. The summed E-state index contributed by atoms with van der Waals surface area (Å²) in [5, 5.41) is 0. The molecule has 0 saturated carbocycles. The van der Waals surface area contributed by atoms with E-state index in [1.165, 1.54) is 11.3 Å². The van der Waals surface area contributed by atoms with Gasteiger partial charge in [0.15, 0.2) is 0 Å². The molecule has 2 nitrogen and oxygen atoms in total. The summed E-state index contributed by atoms with van der Waals surface area (Å²) in [7, 11) is 0. The van der Waals surface area contributed by atoms with Crippen LogP contribution in [0.3, 0.4) is 0 Å². The van der Waals surface area contributed by atoms with Crippen LogP contribution in [0.5, 0.6) is 0 Å². The Morgan fingerprint density at radius 3 is 2.67 bits per heavy atom. The molecule has 1 unspecified atom stereocenters. The maximum absolute atomic E-state index is 6.14. The van der Waals surface area contributed by atoms with Crippen molar-refractivity contribution in [1.82, 2.24) is 0 Å². The number of hydrogen-bond acceptors (Lipinski definition) is 3. The molecule has 0 aliphatic heterocycles. The monoisotopic (exact) mass is 241 g/mol. The number of hydrogen-bond donors (Lipinski definition) is 1. The van der Waals surface area contributed by atoms with Crippen molar-refractivity contribution in [3.05, 3.63) is 44.5 Å². The van der Waals surface area contributed by atoms with E-state index >= 15 is 0 Å². The number of furan rings is 1. The van der Waals surface area contributed by atoms with E-state index in [1.807, 2.05) is 26.0 Å². The van der Waals surface area contributed by atoms with Gasteiger partial charge in [-0.2, -0.15) is 0 Å². The molecule has 0 saturated heterocycles. The van der Waals surface area contributed by atoms with E-state index in [9.17, 15) is 0 Å². The van der Waals surface area contributed by atoms with Gasteiger partial charge in [0.2, 0.25) is 0 Å². The van der Waals surface area contributed by atoms with Gasteiger partial charge in [-0.3, -0.25) is 0 Å². The molecular formula is C11H12ClNOS. The Bertz CT molecular complexity index is 455. The van der Waals surface area contributed by atoms with Crippen molar-refractivity contribution in [2.45, 2.75) is 19.9 Å². The van der Waals surface area contributed by atoms with Crippen LogP contribution in [0, 0.1) is 13.8 Å². The van der Waals surface area contributed by atoms with E-state index in [0.717, 1.165) is 26.1 Å². The van der Waals surface area contributed by atoms with Crippen molar-refractivity contribution in [1.29, 1.82) is 0 Å². The first-order valence-electron chi connectivity index (χ1n) is 4.65. The highest BCUT2D eigenvalue weighted by molar-refractivity contribution is 7.16. The molecule has 1 atom stereocenters. The minimum absolute atomic E-state index is 0.139. The Hall–Kier alpha value is -0.770. The predicted octanol–water partition coefficient (Wildman–Crippen LogP) is 3.66. The van der Waals surface area contributed by atoms with Gasteiger partial charge in [-0.05, 0) is 31.5 Å². The molecule has 0 radical (unpaired) electrons. The second-order valence-electron chi connectivity index (χ2n) is 3.52. The maximum Gasteiger partial charge on any atom is 0.105 e. The van der Waals surface area contributed by atoms with Gasteiger partial charge < -0.3 is 10.2 Å². The van der Waals surface area contributed by atoms with Gasteiger partial charge in [-0.25, -0.2) is 0 Å². The van der Waals surface area contributed by atoms with Crippen molar-refractivity contribution >= 4 is 22.9 Å². The van der Waals surface area contributed by atoms with Crippen molar-refractivity contribution < 1.29 is 4.42 Å². The summed E-state index contributed by atoms with van der Waals surface area (Å²) in [6, 6.07) is 3.80. The third-order valence-electron chi connectivity index (χ3n) is 2.42. The number of aryl methyl sites for hydroxylation is 2. The Morgan fingerprint density at radius 1 is 1.47 bits per heavy atom. The molecule has 0 fully saturated rings. The van der Waals surface area contributed by atoms with E-state index in [4.69, 9.17) is 21.8 Å². The van der Waals surface area contributed by atoms with Gasteiger partial charge in [0.05, 0.1) is 16.6 Å². The lowest BCUT2D eigenvalue weighted by molar-refractivity contribution is 0.528. The van der Waals surface area contributed by atoms with E-state index in [-0.39, 0.29) is 6.04 Å². The van der Waals surface area contributed by atoms with Gasteiger partial charge >= 0.3 is 0 Å². The first-order valence-corrected chi connectivity index (χ1v) is 5.84. The number of rotatable bonds is 2. The molecule has 2 rings (SSSR count). The third kappa shape index (κ3) is 1.95. The molecule has 2 N–H and O–H groups in total. The van der Waals surface area contributed by atoms with E-state index in [2.05, 4.69) is 0 Å². The first kappa shape index (κ1) is 10.7. The van der Waals surface area contributed by atoms with Crippen LogP contribution >= 0.6 is 22.9 Å². The Balaban J connectivity index is 2.36. The smallest absolute Gasteiger partial charge is 0.105 e. The molecule has 2 aromatic rings. The predicted molar refractivity (Wildman–Crippen MR) is 63.5 cm³/mol. The zero-order valence-electron chi connectivity index (χ0n) is 8.58. The van der Waals surface area contributed by atoms with E-state index in [0.29, 0.717) is 0 Å². The fourth-order valence-corrected chi connectivity index (χ4v) is 2.75. The summed E-state index contributed by atoms with van der Waals surface area (Å²) in [5.41, 5.74) is 8.23. The number of thiophene rings is 1. The SMILES string of the molecule is Cc1cc(C(N)c2ccoc2C)sc1Cl. The Morgan fingerprint density at radius 2 is 2.20 bits per heavy atom. The molecule has 0 spiro atoms. The van der Waals surface area contributed by atoms with Crippen LogP contribution in [0.15, 0.2) is 22.8 Å². The zero-order valence-corrected chi connectivity index (χ0v) is 10.2. The highest BCUT2D eigenvalue weighted by atomic mass is 35.5. The lowest BCUT2D eigenvalue weighted by Gasteiger charge is -2.07. The highest BCUT2D eigenvalue weighted by Gasteiger charge is 2.16. The lowest BCUT2D eigenvalue weighted by atomic mass is 10.1. The van der Waals surface area contributed by atoms with Crippen molar-refractivity contribution in [3.8, 4) is 0 Å². The third-order valence-corrected chi connectivity index (χ3v) is 4.06. The molecule has 0 aliphatic rings. The van der Waals surface area contributed by atoms with Crippen molar-refractivity contribution in [2.24, 2.45) is 5.73 Å². The molecule has 2 heterocycles. The molecule has 2 aromatic heterocycles. The largest absolute Gasteiger partial charge is 0.469 e. The second kappa shape index (κ2) is 4.00. The Kier molecular flexibility index (Phi) is 2.87. The lowest BCUT2D eigenvalue weighted by Crippen LogP contribution is -2.10. The number of halogens is 1. The zero-order chi connectivity index (χ0) is 11.0. The molecule has 0 bridgehead atoms. The van der Waals surface area contributed by atoms with Crippen LogP contribution in [0.2, 0.25) is 4.34 Å². The molecule has 0 aliphatic carbocycles. The normalized spacial score (nSPS) is 13.1. The maximum atomic E-state index is 6.14. The van der Waals surface area contributed by atoms with Gasteiger partial charge in [-0.1, -0.05) is 11.6 Å². The summed E-state index contributed by atoms with van der Waals surface area (Å²) >= 11 is 7.54. The average Bonchev–Trinajstić information content (AvgIpc) is 2.74. The van der Waals surface area contributed by atoms with Crippen LogP contribution in [0.1, 0.15) is 27.8 Å². The summed E-state index contributed by atoms with van der Waals surface area (Å²) in [5.74, 6) is 0.865. The molecule has 0 amide bonds. The fraction of sp³-hybridized carbons (Fsp3) is 0.273. The standard InChI is InChI=1S/C11H12ClNOS/c1-6-5-9(15-11(6)12)10(13)8-3-4-14-7(8)2/h3-5,10H,13H2,1-2H3. The van der Waals surface area contributed by atoms with Gasteiger partial charge in [0.1, 0.15) is 5.76 Å². The summed E-state index contributed by atoms with van der Waals surface area (Å²) in [6.07, 6.45) is 1.66. The molecular weight excluding hydrogens is 230 g/mol. The highest BCUT2D eigenvalue weighted by Crippen LogP contribution is 2.33. The van der Waals surface area contributed by atoms with Crippen LogP contribution in [0.4, 0.5) is 0 Å². The second-order valence-corrected chi connectivity index (χ2v) is 5.20. The van der Waals surface area contributed by atoms with Crippen molar-refractivity contribution in [3.63, 3.8) is 0 Å². The van der Waals surface area contributed by atoms with Crippen LogP contribution in [-0.4, -0.2) is 0 Å². The van der Waals surface area contributed by atoms with Gasteiger partial charge in [0.25, 0.3) is 0 Å². The molecule has 15 heavy (non-hydrogen) atoms. The van der Waals surface area contributed by atoms with E-state index in [1.54, 1.807) is 6.26 Å². The molecule has 4 heteroatoms. The van der Waals surface area contributed by atoms with Crippen LogP contribution in [0.25, 0.3) is 0 Å². The van der Waals surface area contributed by atoms with Gasteiger partial charge in [0, 0.05) is 10.4 Å². The summed E-state index contributed by atoms with van der Waals surface area (Å²) in [6.45, 7) is 3.90. The van der Waals surface area contributed by atoms with E-state index < -0.39 is 0 Å². The fourth-order valence-electron chi connectivity index (χ4n) is 1.51. The Labute approximate surface area is 97.7 Å². The minimum Gasteiger partial charge on any atom is -0.469 e. The topological polar surface area (TPSA) is 39.2 Å². The van der Waals surface area contributed by atoms with Crippen LogP contribution in [-0.2, 0) is 0 Å².